The fourth-order valence-corrected chi connectivity index (χ4v) is 4.94. The van der Waals surface area contributed by atoms with Crippen LogP contribution in [0.3, 0.4) is 0 Å². The summed E-state index contributed by atoms with van der Waals surface area (Å²) in [5.41, 5.74) is 1.94. The molecule has 2 aliphatic rings. The molecule has 4 rings (SSSR count). The molecule has 2 aliphatic heterocycles. The highest BCUT2D eigenvalue weighted by Crippen LogP contribution is 2.44. The molecule has 0 aliphatic carbocycles. The average Bonchev–Trinajstić information content (AvgIpc) is 3.23. The molecule has 0 unspecified atom stereocenters. The average molecular weight is 502 g/mol. The molecule has 2 aromatic carbocycles. The fraction of sp³-hybridized carbons (Fsp3) is 0.240. The normalized spacial score (nSPS) is 17.5. The first-order valence-electron chi connectivity index (χ1n) is 10.7. The predicted molar refractivity (Wildman–Crippen MR) is 127 cm³/mol. The van der Waals surface area contributed by atoms with Gasteiger partial charge in [0.2, 0.25) is 5.91 Å². The van der Waals surface area contributed by atoms with Crippen LogP contribution in [0.1, 0.15) is 36.1 Å². The molecule has 35 heavy (non-hydrogen) atoms. The van der Waals surface area contributed by atoms with Crippen LogP contribution in [0.15, 0.2) is 82.0 Å². The van der Waals surface area contributed by atoms with Crippen molar-refractivity contribution in [2.24, 2.45) is 4.99 Å². The van der Waals surface area contributed by atoms with E-state index in [-0.39, 0.29) is 18.9 Å². The van der Waals surface area contributed by atoms with Gasteiger partial charge in [-0.2, -0.15) is 13.2 Å². The standard InChI is InChI=1S/C25H22F3N3O3S/c1-15-21(23(33)34-2)22(17-8-4-3-5-9-17)31-19(14-35-24(31)30-15)12-20(32)29-13-16-7-6-10-18(11-16)25(26,27)28/h3-11,14,22H,12-13H2,1-2H3,(H,29,32)/t22-/m1/s1. The second kappa shape index (κ2) is 9.99. The largest absolute Gasteiger partial charge is 0.466 e. The van der Waals surface area contributed by atoms with Crippen LogP contribution in [0.25, 0.3) is 0 Å². The van der Waals surface area contributed by atoms with E-state index in [0.717, 1.165) is 17.7 Å². The summed E-state index contributed by atoms with van der Waals surface area (Å²) in [6, 6.07) is 13.7. The number of allylic oxidation sites excluding steroid dienone is 1. The zero-order valence-electron chi connectivity index (χ0n) is 18.9. The molecule has 2 aromatic rings. The number of hydrogen-bond acceptors (Lipinski definition) is 6. The lowest BCUT2D eigenvalue weighted by atomic mass is 9.94. The van der Waals surface area contributed by atoms with Gasteiger partial charge in [0.05, 0.1) is 36.4 Å². The van der Waals surface area contributed by atoms with Gasteiger partial charge in [0.15, 0.2) is 5.17 Å². The quantitative estimate of drug-likeness (QED) is 0.554. The summed E-state index contributed by atoms with van der Waals surface area (Å²) in [5, 5.41) is 5.11. The van der Waals surface area contributed by atoms with E-state index in [1.165, 1.54) is 31.0 Å². The van der Waals surface area contributed by atoms with E-state index in [1.807, 2.05) is 35.2 Å². The van der Waals surface area contributed by atoms with Gasteiger partial charge in [-0.25, -0.2) is 9.79 Å². The summed E-state index contributed by atoms with van der Waals surface area (Å²) >= 11 is 1.34. The molecule has 10 heteroatoms. The number of carbonyl (C=O) groups is 2. The number of alkyl halides is 3. The molecule has 1 amide bonds. The van der Waals surface area contributed by atoms with Gasteiger partial charge in [-0.1, -0.05) is 54.2 Å². The lowest BCUT2D eigenvalue weighted by molar-refractivity contribution is -0.138. The summed E-state index contributed by atoms with van der Waals surface area (Å²) in [6.07, 6.45) is -4.49. The highest BCUT2D eigenvalue weighted by Gasteiger charge is 2.40. The number of methoxy groups -OCH3 is 1. The number of thioether (sulfide) groups is 1. The maximum atomic E-state index is 13.0. The number of benzene rings is 2. The number of halogens is 3. The Bertz CT molecular complexity index is 1240. The number of hydrogen-bond donors (Lipinski definition) is 1. The number of amides is 1. The highest BCUT2D eigenvalue weighted by molar-refractivity contribution is 8.16. The van der Waals surface area contributed by atoms with Crippen LogP contribution in [0.5, 0.6) is 0 Å². The van der Waals surface area contributed by atoms with Crippen LogP contribution in [-0.2, 0) is 27.0 Å². The Kier molecular flexibility index (Phi) is 7.02. The monoisotopic (exact) mass is 501 g/mol. The molecule has 0 saturated heterocycles. The van der Waals surface area contributed by atoms with Gasteiger partial charge in [-0.15, -0.1) is 0 Å². The van der Waals surface area contributed by atoms with E-state index < -0.39 is 23.8 Å². The van der Waals surface area contributed by atoms with Crippen molar-refractivity contribution in [3.05, 3.63) is 93.7 Å². The van der Waals surface area contributed by atoms with Gasteiger partial charge in [-0.05, 0) is 35.6 Å². The summed E-state index contributed by atoms with van der Waals surface area (Å²) in [5.74, 6) is -0.877. The Morgan fingerprint density at radius 3 is 2.57 bits per heavy atom. The first-order valence-corrected chi connectivity index (χ1v) is 11.6. The van der Waals surface area contributed by atoms with Gasteiger partial charge < -0.3 is 15.0 Å². The molecule has 0 aromatic heterocycles. The van der Waals surface area contributed by atoms with Gasteiger partial charge in [0.1, 0.15) is 0 Å². The van der Waals surface area contributed by atoms with Crippen molar-refractivity contribution in [1.29, 1.82) is 0 Å². The van der Waals surface area contributed by atoms with Crippen LogP contribution in [-0.4, -0.2) is 29.1 Å². The molecule has 1 atom stereocenters. The molecule has 182 valence electrons. The van der Waals surface area contributed by atoms with E-state index in [1.54, 1.807) is 12.3 Å². The van der Waals surface area contributed by atoms with E-state index in [2.05, 4.69) is 10.3 Å². The first-order chi connectivity index (χ1) is 16.7. The smallest absolute Gasteiger partial charge is 0.416 e. The third kappa shape index (κ3) is 5.27. The molecule has 0 radical (unpaired) electrons. The molecule has 0 bridgehead atoms. The minimum atomic E-state index is -4.45. The van der Waals surface area contributed by atoms with Crippen molar-refractivity contribution in [3.8, 4) is 0 Å². The molecule has 2 heterocycles. The van der Waals surface area contributed by atoms with Gasteiger partial charge in [0.25, 0.3) is 0 Å². The Balaban J connectivity index is 1.53. The van der Waals surface area contributed by atoms with E-state index in [9.17, 15) is 22.8 Å². The Hall–Kier alpha value is -3.53. The molecular weight excluding hydrogens is 479 g/mol. The molecule has 1 N–H and O–H groups in total. The Morgan fingerprint density at radius 1 is 1.14 bits per heavy atom. The van der Waals surface area contributed by atoms with Crippen LogP contribution in [0.4, 0.5) is 13.2 Å². The maximum absolute atomic E-state index is 13.0. The second-order valence-electron chi connectivity index (χ2n) is 7.95. The minimum absolute atomic E-state index is 0.0399. The van der Waals surface area contributed by atoms with Crippen LogP contribution in [0.2, 0.25) is 0 Å². The zero-order valence-corrected chi connectivity index (χ0v) is 19.7. The minimum Gasteiger partial charge on any atom is -0.466 e. The number of nitrogens with zero attached hydrogens (tertiary/aromatic N) is 2. The Labute approximate surface area is 204 Å². The van der Waals surface area contributed by atoms with E-state index in [0.29, 0.717) is 27.7 Å². The van der Waals surface area contributed by atoms with Crippen molar-refractivity contribution in [2.45, 2.75) is 32.1 Å². The molecule has 0 fully saturated rings. The van der Waals surface area contributed by atoms with Gasteiger partial charge >= 0.3 is 12.1 Å². The van der Waals surface area contributed by atoms with Crippen molar-refractivity contribution >= 4 is 28.8 Å². The molecule has 0 spiro atoms. The predicted octanol–water partition coefficient (Wildman–Crippen LogP) is 5.16. The number of fused-ring (bicyclic) bond motifs is 1. The zero-order chi connectivity index (χ0) is 25.2. The van der Waals surface area contributed by atoms with Crippen LogP contribution < -0.4 is 5.32 Å². The first kappa shape index (κ1) is 24.6. The summed E-state index contributed by atoms with van der Waals surface area (Å²) in [6.45, 7) is 1.70. The molecular formula is C25H22F3N3O3S. The number of amidine groups is 1. The van der Waals surface area contributed by atoms with Gasteiger partial charge in [0, 0.05) is 12.2 Å². The van der Waals surface area contributed by atoms with Gasteiger partial charge in [-0.3, -0.25) is 4.79 Å². The number of aliphatic imine (C=N–C) groups is 1. The summed E-state index contributed by atoms with van der Waals surface area (Å²) < 4.78 is 43.9. The number of rotatable bonds is 6. The van der Waals surface area contributed by atoms with E-state index in [4.69, 9.17) is 4.74 Å². The number of nitrogens with one attached hydrogen (secondary N) is 1. The summed E-state index contributed by atoms with van der Waals surface area (Å²) in [7, 11) is 1.31. The van der Waals surface area contributed by atoms with Crippen molar-refractivity contribution in [2.75, 3.05) is 7.11 Å². The van der Waals surface area contributed by atoms with Crippen molar-refractivity contribution in [3.63, 3.8) is 0 Å². The third-order valence-corrected chi connectivity index (χ3v) is 6.50. The number of esters is 1. The second-order valence-corrected chi connectivity index (χ2v) is 8.78. The topological polar surface area (TPSA) is 71.0 Å². The fourth-order valence-electron chi connectivity index (χ4n) is 3.98. The molecule has 6 nitrogen and oxygen atoms in total. The highest BCUT2D eigenvalue weighted by atomic mass is 32.2. The van der Waals surface area contributed by atoms with Crippen molar-refractivity contribution in [1.82, 2.24) is 10.2 Å². The lowest BCUT2D eigenvalue weighted by Gasteiger charge is -2.36. The maximum Gasteiger partial charge on any atom is 0.416 e. The van der Waals surface area contributed by atoms with Crippen LogP contribution in [0, 0.1) is 0 Å². The number of ether oxygens (including phenoxy) is 1. The van der Waals surface area contributed by atoms with E-state index >= 15 is 0 Å². The lowest BCUT2D eigenvalue weighted by Crippen LogP contribution is -2.37. The van der Waals surface area contributed by atoms with Crippen LogP contribution >= 0.6 is 11.8 Å². The Morgan fingerprint density at radius 2 is 1.89 bits per heavy atom. The summed E-state index contributed by atoms with van der Waals surface area (Å²) in [4.78, 5) is 31.8. The third-order valence-electron chi connectivity index (χ3n) is 5.61. The molecule has 0 saturated carbocycles. The number of carbonyl (C=O) groups excluding carboxylic acids is 2. The van der Waals surface area contributed by atoms with Crippen molar-refractivity contribution < 1.29 is 27.5 Å². The SMILES string of the molecule is COC(=O)C1=C(C)N=C2SC=C(CC(=O)NCc3cccc(C(F)(F)F)c3)N2[C@@H]1c1ccccc1.